The second kappa shape index (κ2) is 28.4. The minimum Gasteiger partial charge on any atom is -0.390 e. The lowest BCUT2D eigenvalue weighted by Crippen LogP contribution is -2.61. The van der Waals surface area contributed by atoms with Crippen LogP contribution in [0.3, 0.4) is 0 Å². The molecule has 0 unspecified atom stereocenters. The minimum absolute atomic E-state index is 0.00206. The highest BCUT2D eigenvalue weighted by molar-refractivity contribution is 5.97. The largest absolute Gasteiger partial charge is 0.390 e. The number of nitrogens with two attached hydrogens (primary N) is 2. The van der Waals surface area contributed by atoms with Gasteiger partial charge in [-0.15, -0.1) is 0 Å². The molecule has 1 saturated heterocycles. The highest BCUT2D eigenvalue weighted by Crippen LogP contribution is 2.21. The molecule has 0 spiro atoms. The van der Waals surface area contributed by atoms with Gasteiger partial charge in [0.15, 0.2) is 0 Å². The van der Waals surface area contributed by atoms with E-state index in [4.69, 9.17) is 11.5 Å². The lowest BCUT2D eigenvalue weighted by Gasteiger charge is -2.32. The maximum absolute atomic E-state index is 14.6. The van der Waals surface area contributed by atoms with Crippen molar-refractivity contribution in [1.82, 2.24) is 56.7 Å². The van der Waals surface area contributed by atoms with Gasteiger partial charge in [0.25, 0.3) is 0 Å². The molecule has 0 bridgehead atoms. The van der Waals surface area contributed by atoms with Crippen molar-refractivity contribution >= 4 is 47.3 Å². The topological polar surface area (TPSA) is 342 Å². The summed E-state index contributed by atoms with van der Waals surface area (Å²) in [6.07, 6.45) is 5.44. The maximum atomic E-state index is 14.6. The second-order valence-electron chi connectivity index (χ2n) is 20.8. The molecule has 4 aromatic rings. The van der Waals surface area contributed by atoms with Crippen LogP contribution < -0.4 is 43.4 Å². The van der Waals surface area contributed by atoms with Gasteiger partial charge in [0, 0.05) is 56.0 Å². The molecule has 8 amide bonds. The average Bonchev–Trinajstić information content (AvgIpc) is 4.20. The summed E-state index contributed by atoms with van der Waals surface area (Å²) in [6, 6.07) is 10.1. The summed E-state index contributed by atoms with van der Waals surface area (Å²) < 4.78 is 0. The summed E-state index contributed by atoms with van der Waals surface area (Å²) in [6.45, 7) is 11.0. The molecule has 0 radical (unpaired) electrons. The first kappa shape index (κ1) is 59.4. The highest BCUT2D eigenvalue weighted by Gasteiger charge is 2.41. The number of hydrogen-bond donors (Lipinski definition) is 11. The number of rotatable bonds is 29. The molecule has 9 atom stereocenters. The Morgan fingerprint density at radius 1 is 0.684 bits per heavy atom. The number of primary amides is 1. The van der Waals surface area contributed by atoms with Gasteiger partial charge in [-0.05, 0) is 62.0 Å². The first-order valence-electron chi connectivity index (χ1n) is 26.0. The van der Waals surface area contributed by atoms with Crippen LogP contribution in [-0.2, 0) is 64.0 Å². The average molecular weight is 1050 g/mol. The molecule has 0 saturated carbocycles. The van der Waals surface area contributed by atoms with Crippen molar-refractivity contribution in [3.05, 3.63) is 108 Å². The molecule has 13 N–H and O–H groups in total. The van der Waals surface area contributed by atoms with Crippen LogP contribution in [0.15, 0.2) is 85.7 Å². The first-order valence-corrected chi connectivity index (χ1v) is 26.0. The Morgan fingerprint density at radius 2 is 1.20 bits per heavy atom. The Bertz CT molecular complexity index is 2520. The maximum Gasteiger partial charge on any atom is 0.246 e. The molecule has 22 nitrogen and oxygen atoms in total. The van der Waals surface area contributed by atoms with Gasteiger partial charge in [0.2, 0.25) is 47.3 Å². The van der Waals surface area contributed by atoms with E-state index in [0.717, 1.165) is 5.56 Å². The molecular formula is C54H77N13O9. The fourth-order valence-corrected chi connectivity index (χ4v) is 8.96. The van der Waals surface area contributed by atoms with Gasteiger partial charge in [-0.3, -0.25) is 38.4 Å². The quantitative estimate of drug-likeness (QED) is 0.0359. The van der Waals surface area contributed by atoms with Gasteiger partial charge >= 0.3 is 0 Å². The van der Waals surface area contributed by atoms with E-state index in [1.807, 2.05) is 33.8 Å². The summed E-state index contributed by atoms with van der Waals surface area (Å²) >= 11 is 0. The van der Waals surface area contributed by atoms with Crippen molar-refractivity contribution in [3.63, 3.8) is 0 Å². The summed E-state index contributed by atoms with van der Waals surface area (Å²) in [4.78, 5) is 126. The number of aromatic nitrogens is 4. The number of aromatic amines is 2. The Kier molecular flexibility index (Phi) is 22.2. The fraction of sp³-hybridized carbons (Fsp3) is 0.519. The van der Waals surface area contributed by atoms with Gasteiger partial charge in [0.1, 0.15) is 36.3 Å². The molecule has 1 fully saturated rings. The van der Waals surface area contributed by atoms with Crippen molar-refractivity contribution in [2.75, 3.05) is 6.54 Å². The number of carbonyl (C=O) groups excluding carboxylic acids is 8. The fourth-order valence-electron chi connectivity index (χ4n) is 8.96. The molecule has 1 aliphatic heterocycles. The summed E-state index contributed by atoms with van der Waals surface area (Å²) in [7, 11) is 0. The van der Waals surface area contributed by atoms with Gasteiger partial charge in [-0.2, -0.15) is 0 Å². The predicted molar refractivity (Wildman–Crippen MR) is 283 cm³/mol. The monoisotopic (exact) mass is 1050 g/mol. The number of aliphatic hydroxyl groups excluding tert-OH is 1. The molecule has 3 heterocycles. The number of imidazole rings is 2. The molecule has 0 aliphatic carbocycles. The van der Waals surface area contributed by atoms with E-state index in [1.54, 1.807) is 68.4 Å². The Balaban J connectivity index is 1.33. The molecule has 2 aromatic heterocycles. The number of H-pyrrole nitrogens is 2. The molecule has 22 heteroatoms. The first-order chi connectivity index (χ1) is 36.1. The number of nitrogens with one attached hydrogen (secondary N) is 8. The van der Waals surface area contributed by atoms with Crippen LogP contribution in [-0.4, -0.2) is 138 Å². The second-order valence-corrected chi connectivity index (χ2v) is 20.8. The van der Waals surface area contributed by atoms with Crippen LogP contribution in [0.2, 0.25) is 0 Å². The third kappa shape index (κ3) is 18.1. The van der Waals surface area contributed by atoms with Gasteiger partial charge in [-0.1, -0.05) is 95.3 Å². The van der Waals surface area contributed by atoms with Crippen LogP contribution in [0.1, 0.15) is 103 Å². The van der Waals surface area contributed by atoms with E-state index in [1.165, 1.54) is 29.9 Å². The van der Waals surface area contributed by atoms with Crippen molar-refractivity contribution in [3.8, 4) is 0 Å². The minimum atomic E-state index is -1.46. The number of carbonyl (C=O) groups is 8. The molecule has 2 aromatic carbocycles. The van der Waals surface area contributed by atoms with Crippen LogP contribution >= 0.6 is 0 Å². The Morgan fingerprint density at radius 3 is 1.72 bits per heavy atom. The lowest BCUT2D eigenvalue weighted by atomic mass is 9.95. The molecular weight excluding hydrogens is 975 g/mol. The van der Waals surface area contributed by atoms with Crippen LogP contribution in [0, 0.1) is 11.8 Å². The summed E-state index contributed by atoms with van der Waals surface area (Å²) in [5.74, 6) is -5.33. The van der Waals surface area contributed by atoms with Crippen LogP contribution in [0.25, 0.3) is 0 Å². The third-order valence-corrected chi connectivity index (χ3v) is 13.4. The zero-order valence-corrected chi connectivity index (χ0v) is 44.3. The number of aliphatic hydroxyl groups is 1. The predicted octanol–water partition coefficient (Wildman–Crippen LogP) is 0.759. The smallest absolute Gasteiger partial charge is 0.246 e. The number of hydrogen-bond acceptors (Lipinski definition) is 12. The summed E-state index contributed by atoms with van der Waals surface area (Å²) in [5, 5.41) is 28.4. The SMILES string of the molecule is CC[C@](C)(N)C(=O)N[C@@H](Cc1cnc[nH]1)C(=O)N1CCC[C@H]1C(=O)N[C@@H](Cc1ccccc1)C(=O)N[C@@H](Cc1cnc[nH]1)C(=O)N[C@@H](CC(C)C)[C@@H](O)CC(=O)N[C@@H](CC(C)C)C(=O)N[C@@H](Cc1ccccc1)C(N)=O. The molecule has 1 aliphatic rings. The Hall–Kier alpha value is -7.46. The highest BCUT2D eigenvalue weighted by atomic mass is 16.3. The standard InChI is InChI=1S/C54H77N13O9/c1-7-54(6,56)53(76)66-43(26-37-29-58-31-60-37)52(75)67-20-14-19-44(67)51(74)65-41(24-35-17-12-9-13-18-35)49(72)64-42(25-36-28-57-30-59-36)50(73)62-38(21-32(2)3)45(68)27-46(69)61-40(22-33(4)5)48(71)63-39(47(55)70)23-34-15-10-8-11-16-34/h8-13,15-18,28-33,38-45,68H,7,14,19-27,56H2,1-6H3,(H2,55,70)(H,57,59)(H,58,60)(H,61,69)(H,62,73)(H,63,71)(H,64,72)(H,65,74)(H,66,76)/t38-,39-,40-,41-,42-,43-,44-,45-,54-/m0/s1. The van der Waals surface area contributed by atoms with Crippen molar-refractivity contribution in [2.45, 2.75) is 160 Å². The van der Waals surface area contributed by atoms with E-state index in [0.29, 0.717) is 29.8 Å². The number of benzene rings is 2. The third-order valence-electron chi connectivity index (χ3n) is 13.4. The van der Waals surface area contributed by atoms with E-state index < -0.39 is 108 Å². The molecule has 412 valence electrons. The normalized spacial score (nSPS) is 17.0. The van der Waals surface area contributed by atoms with E-state index in [-0.39, 0.29) is 63.3 Å². The summed E-state index contributed by atoms with van der Waals surface area (Å²) in [5.41, 5.74) is 13.2. The number of likely N-dealkylation sites (tertiary alicyclic amines) is 1. The van der Waals surface area contributed by atoms with Crippen LogP contribution in [0.4, 0.5) is 0 Å². The van der Waals surface area contributed by atoms with E-state index >= 15 is 0 Å². The van der Waals surface area contributed by atoms with E-state index in [9.17, 15) is 43.5 Å². The molecule has 5 rings (SSSR count). The van der Waals surface area contributed by atoms with E-state index in [2.05, 4.69) is 51.8 Å². The number of nitrogens with zero attached hydrogens (tertiary/aromatic N) is 3. The molecule has 76 heavy (non-hydrogen) atoms. The van der Waals surface area contributed by atoms with Crippen molar-refractivity contribution in [1.29, 1.82) is 0 Å². The zero-order valence-electron chi connectivity index (χ0n) is 44.3. The zero-order chi connectivity index (χ0) is 55.5. The van der Waals surface area contributed by atoms with Gasteiger partial charge < -0.3 is 63.3 Å². The Labute approximate surface area is 443 Å². The lowest BCUT2D eigenvalue weighted by molar-refractivity contribution is -0.142. The van der Waals surface area contributed by atoms with Gasteiger partial charge in [0.05, 0.1) is 36.8 Å². The van der Waals surface area contributed by atoms with Crippen molar-refractivity contribution < 1.29 is 43.5 Å². The van der Waals surface area contributed by atoms with Crippen LogP contribution in [0.5, 0.6) is 0 Å². The number of amides is 8. The van der Waals surface area contributed by atoms with Gasteiger partial charge in [-0.25, -0.2) is 9.97 Å². The van der Waals surface area contributed by atoms with Crippen molar-refractivity contribution in [2.24, 2.45) is 23.3 Å².